The highest BCUT2D eigenvalue weighted by molar-refractivity contribution is 6.17. The van der Waals surface area contributed by atoms with Crippen LogP contribution in [-0.4, -0.2) is 35.0 Å². The van der Waals surface area contributed by atoms with Gasteiger partial charge in [-0.1, -0.05) is 0 Å². The molecule has 1 aromatic carbocycles. The normalized spacial score (nSPS) is 14.7. The van der Waals surface area contributed by atoms with Crippen LogP contribution in [0.3, 0.4) is 0 Å². The lowest BCUT2D eigenvalue weighted by molar-refractivity contribution is -0.140. The molecule has 126 valence electrons. The fraction of sp³-hybridized carbons (Fsp3) is 0.214. The number of hydrogen-bond donors (Lipinski definition) is 2. The highest BCUT2D eigenvalue weighted by atomic mass is 19.4. The summed E-state index contributed by atoms with van der Waals surface area (Å²) in [7, 11) is 0. The van der Waals surface area contributed by atoms with Crippen LogP contribution in [0.25, 0.3) is 0 Å². The molecule has 2 N–H and O–H groups in total. The molecule has 0 radical (unpaired) electrons. The van der Waals surface area contributed by atoms with Gasteiger partial charge in [-0.25, -0.2) is 4.39 Å². The molecular formula is C14H9F4N3O3. The number of amides is 2. The zero-order chi connectivity index (χ0) is 18.1. The van der Waals surface area contributed by atoms with E-state index in [0.29, 0.717) is 11.0 Å². The summed E-state index contributed by atoms with van der Waals surface area (Å²) >= 11 is 0. The molecule has 2 amide bonds. The molecule has 0 unspecified atom stereocenters. The second-order valence-electron chi connectivity index (χ2n) is 4.66. The summed E-state index contributed by atoms with van der Waals surface area (Å²) in [6, 6.07) is 2.67. The number of aliphatic hydroxyl groups excluding tert-OH is 1. The molecule has 6 nitrogen and oxygen atoms in total. The zero-order valence-electron chi connectivity index (χ0n) is 11.8. The fourth-order valence-corrected chi connectivity index (χ4v) is 2.05. The number of benzene rings is 1. The lowest BCUT2D eigenvalue weighted by Crippen LogP contribution is -2.34. The summed E-state index contributed by atoms with van der Waals surface area (Å²) in [6.45, 7) is -0.838. The van der Waals surface area contributed by atoms with Gasteiger partial charge in [-0.3, -0.25) is 14.5 Å². The average molecular weight is 343 g/mol. The maximum atomic E-state index is 14.1. The molecule has 0 aliphatic carbocycles. The lowest BCUT2D eigenvalue weighted by atomic mass is 10.1. The topological polar surface area (TPSA) is 93.4 Å². The van der Waals surface area contributed by atoms with E-state index < -0.39 is 52.9 Å². The van der Waals surface area contributed by atoms with E-state index in [4.69, 9.17) is 10.4 Å². The van der Waals surface area contributed by atoms with Gasteiger partial charge < -0.3 is 10.4 Å². The van der Waals surface area contributed by atoms with Crippen LogP contribution in [0.4, 0.5) is 23.2 Å². The number of carbonyl (C=O) groups excluding carboxylic acids is 2. The summed E-state index contributed by atoms with van der Waals surface area (Å²) in [5.41, 5.74) is -3.44. The van der Waals surface area contributed by atoms with Crippen LogP contribution in [0.5, 0.6) is 0 Å². The van der Waals surface area contributed by atoms with Crippen molar-refractivity contribution in [3.8, 4) is 6.07 Å². The number of halogens is 4. The largest absolute Gasteiger partial charge is 0.419 e. The predicted molar refractivity (Wildman–Crippen MR) is 71.6 cm³/mol. The summed E-state index contributed by atoms with van der Waals surface area (Å²) in [5.74, 6) is -3.53. The minimum absolute atomic E-state index is 0.324. The number of anilines is 1. The molecule has 0 bridgehead atoms. The van der Waals surface area contributed by atoms with Gasteiger partial charge >= 0.3 is 6.18 Å². The molecule has 0 saturated carbocycles. The standard InChI is InChI=1S/C14H9F4N3O3/c15-11-8(14(16,17)18)2-1-7(6-19)12(11)20-9-5-10(23)21(3-4-22)13(9)24/h1-2,5,20,22H,3-4H2. The van der Waals surface area contributed by atoms with Crippen molar-refractivity contribution in [1.82, 2.24) is 4.90 Å². The molecule has 1 aromatic rings. The van der Waals surface area contributed by atoms with Gasteiger partial charge in [0.25, 0.3) is 11.8 Å². The van der Waals surface area contributed by atoms with Gasteiger partial charge in [0, 0.05) is 6.08 Å². The van der Waals surface area contributed by atoms with Crippen LogP contribution in [0.2, 0.25) is 0 Å². The number of nitrogens with one attached hydrogen (secondary N) is 1. The van der Waals surface area contributed by atoms with Gasteiger partial charge in [0.1, 0.15) is 11.8 Å². The zero-order valence-corrected chi connectivity index (χ0v) is 11.8. The molecule has 0 aromatic heterocycles. The molecule has 24 heavy (non-hydrogen) atoms. The third kappa shape index (κ3) is 3.07. The minimum atomic E-state index is -5.00. The number of nitrogens with zero attached hydrogens (tertiary/aromatic N) is 2. The first kappa shape index (κ1) is 17.4. The van der Waals surface area contributed by atoms with Crippen molar-refractivity contribution in [1.29, 1.82) is 5.26 Å². The molecule has 0 saturated heterocycles. The first-order chi connectivity index (χ1) is 11.2. The molecule has 1 heterocycles. The smallest absolute Gasteiger partial charge is 0.395 e. The number of imide groups is 1. The average Bonchev–Trinajstić information content (AvgIpc) is 2.76. The number of alkyl halides is 3. The number of nitriles is 1. The Morgan fingerprint density at radius 1 is 1.29 bits per heavy atom. The van der Waals surface area contributed by atoms with E-state index in [1.54, 1.807) is 0 Å². The Morgan fingerprint density at radius 3 is 2.50 bits per heavy atom. The van der Waals surface area contributed by atoms with E-state index in [9.17, 15) is 27.2 Å². The number of carbonyl (C=O) groups is 2. The first-order valence-electron chi connectivity index (χ1n) is 6.46. The van der Waals surface area contributed by atoms with Crippen molar-refractivity contribution in [2.24, 2.45) is 0 Å². The molecule has 0 spiro atoms. The van der Waals surface area contributed by atoms with E-state index in [1.165, 1.54) is 6.07 Å². The van der Waals surface area contributed by atoms with Crippen molar-refractivity contribution in [2.75, 3.05) is 18.5 Å². The molecule has 2 rings (SSSR count). The van der Waals surface area contributed by atoms with Gasteiger partial charge in [-0.05, 0) is 12.1 Å². The van der Waals surface area contributed by atoms with Gasteiger partial charge in [0.15, 0.2) is 5.82 Å². The van der Waals surface area contributed by atoms with E-state index in [-0.39, 0.29) is 6.54 Å². The van der Waals surface area contributed by atoms with Crippen molar-refractivity contribution in [2.45, 2.75) is 6.18 Å². The first-order valence-corrected chi connectivity index (χ1v) is 6.46. The van der Waals surface area contributed by atoms with Gasteiger partial charge in [0.05, 0.1) is 30.0 Å². The Morgan fingerprint density at radius 2 is 1.96 bits per heavy atom. The Kier molecular flexibility index (Phi) is 4.57. The SMILES string of the molecule is N#Cc1ccc(C(F)(F)F)c(F)c1NC1=CC(=O)N(CCO)C1=O. The molecule has 1 aliphatic heterocycles. The van der Waals surface area contributed by atoms with Gasteiger partial charge in [-0.15, -0.1) is 0 Å². The summed E-state index contributed by atoms with van der Waals surface area (Å²) < 4.78 is 52.4. The number of aliphatic hydroxyl groups is 1. The number of β-amino-alcohol motifs (C(OH)–C–C–N with tert-alkyl or cyclic N) is 1. The van der Waals surface area contributed by atoms with E-state index in [2.05, 4.69) is 5.32 Å². The Hall–Kier alpha value is -2.93. The second-order valence-corrected chi connectivity index (χ2v) is 4.66. The lowest BCUT2D eigenvalue weighted by Gasteiger charge is -2.16. The highest BCUT2D eigenvalue weighted by Crippen LogP contribution is 2.36. The van der Waals surface area contributed by atoms with E-state index >= 15 is 0 Å². The Labute approximate surface area is 132 Å². The molecular weight excluding hydrogens is 334 g/mol. The van der Waals surface area contributed by atoms with Crippen LogP contribution in [0, 0.1) is 17.1 Å². The maximum absolute atomic E-state index is 14.1. The number of rotatable bonds is 4. The van der Waals surface area contributed by atoms with Crippen LogP contribution in [-0.2, 0) is 15.8 Å². The van der Waals surface area contributed by atoms with Crippen LogP contribution >= 0.6 is 0 Å². The van der Waals surface area contributed by atoms with Crippen molar-refractivity contribution < 1.29 is 32.3 Å². The molecule has 1 aliphatic rings. The molecule has 10 heteroatoms. The van der Waals surface area contributed by atoms with Crippen LogP contribution in [0.1, 0.15) is 11.1 Å². The Balaban J connectivity index is 2.44. The van der Waals surface area contributed by atoms with Crippen LogP contribution < -0.4 is 5.32 Å². The predicted octanol–water partition coefficient (Wildman–Crippen LogP) is 1.37. The van der Waals surface area contributed by atoms with Crippen molar-refractivity contribution >= 4 is 17.5 Å². The number of hydrogen-bond acceptors (Lipinski definition) is 5. The third-order valence-corrected chi connectivity index (χ3v) is 3.16. The quantitative estimate of drug-likeness (QED) is 0.636. The summed E-state index contributed by atoms with van der Waals surface area (Å²) in [5, 5.41) is 19.8. The fourth-order valence-electron chi connectivity index (χ4n) is 2.05. The summed E-state index contributed by atoms with van der Waals surface area (Å²) in [6.07, 6.45) is -4.25. The van der Waals surface area contributed by atoms with Crippen molar-refractivity contribution in [3.63, 3.8) is 0 Å². The van der Waals surface area contributed by atoms with Crippen LogP contribution in [0.15, 0.2) is 23.9 Å². The van der Waals surface area contributed by atoms with Crippen molar-refractivity contribution in [3.05, 3.63) is 40.8 Å². The van der Waals surface area contributed by atoms with Gasteiger partial charge in [-0.2, -0.15) is 18.4 Å². The highest BCUT2D eigenvalue weighted by Gasteiger charge is 2.37. The summed E-state index contributed by atoms with van der Waals surface area (Å²) in [4.78, 5) is 24.1. The third-order valence-electron chi connectivity index (χ3n) is 3.16. The second kappa shape index (κ2) is 6.29. The molecule has 0 fully saturated rings. The molecule has 0 atom stereocenters. The monoisotopic (exact) mass is 343 g/mol. The minimum Gasteiger partial charge on any atom is -0.395 e. The maximum Gasteiger partial charge on any atom is 0.419 e. The van der Waals surface area contributed by atoms with E-state index in [0.717, 1.165) is 12.1 Å². The van der Waals surface area contributed by atoms with Gasteiger partial charge in [0.2, 0.25) is 0 Å². The van der Waals surface area contributed by atoms with E-state index in [1.807, 2.05) is 0 Å². The Bertz CT molecular complexity index is 781.